The van der Waals surface area contributed by atoms with Gasteiger partial charge < -0.3 is 10.1 Å². The zero-order chi connectivity index (χ0) is 21.1. The molecular weight excluding hydrogens is 487 g/mol. The number of thioether (sulfide) groups is 1. The Bertz CT molecular complexity index is 1030. The SMILES string of the molecule is COc1c(Br)cc(Cl)cc1/C=C1\SC(=O)N(CC(=O)Nc2ccc(F)cc2)C1=O. The van der Waals surface area contributed by atoms with Gasteiger partial charge >= 0.3 is 0 Å². The summed E-state index contributed by atoms with van der Waals surface area (Å²) in [5.74, 6) is -1.17. The first-order chi connectivity index (χ1) is 13.8. The maximum absolute atomic E-state index is 12.9. The third-order valence-corrected chi connectivity index (χ3v) is 5.55. The molecule has 0 radical (unpaired) electrons. The number of amides is 3. The molecule has 150 valence electrons. The number of nitrogens with zero attached hydrogens (tertiary/aromatic N) is 1. The lowest BCUT2D eigenvalue weighted by Crippen LogP contribution is -2.36. The van der Waals surface area contributed by atoms with Gasteiger partial charge in [-0.3, -0.25) is 19.3 Å². The standard InChI is InChI=1S/C19H13BrClFN2O4S/c1-28-17-10(6-11(21)8-14(17)20)7-15-18(26)24(19(27)29-15)9-16(25)23-13-4-2-12(22)3-5-13/h2-8H,9H2,1H3,(H,23,25)/b15-7-. The summed E-state index contributed by atoms with van der Waals surface area (Å²) in [6.45, 7) is -0.463. The van der Waals surface area contributed by atoms with Crippen LogP contribution in [0.25, 0.3) is 6.08 Å². The number of anilines is 1. The van der Waals surface area contributed by atoms with Gasteiger partial charge in [-0.15, -0.1) is 0 Å². The Labute approximate surface area is 183 Å². The minimum absolute atomic E-state index is 0.136. The van der Waals surface area contributed by atoms with Crippen molar-refractivity contribution >= 4 is 68.1 Å². The van der Waals surface area contributed by atoms with Crippen LogP contribution in [0.3, 0.4) is 0 Å². The first-order valence-corrected chi connectivity index (χ1v) is 10.1. The van der Waals surface area contributed by atoms with Crippen LogP contribution in [0.15, 0.2) is 45.8 Å². The Balaban J connectivity index is 1.77. The molecule has 1 N–H and O–H groups in total. The van der Waals surface area contributed by atoms with Crippen LogP contribution in [0, 0.1) is 5.82 Å². The highest BCUT2D eigenvalue weighted by Crippen LogP contribution is 2.38. The summed E-state index contributed by atoms with van der Waals surface area (Å²) in [6, 6.07) is 8.38. The summed E-state index contributed by atoms with van der Waals surface area (Å²) in [4.78, 5) is 38.0. The Morgan fingerprint density at radius 2 is 2.00 bits per heavy atom. The van der Waals surface area contributed by atoms with Crippen LogP contribution in [-0.4, -0.2) is 35.6 Å². The van der Waals surface area contributed by atoms with E-state index in [-0.39, 0.29) is 4.91 Å². The third-order valence-electron chi connectivity index (χ3n) is 3.83. The van der Waals surface area contributed by atoms with E-state index in [4.69, 9.17) is 16.3 Å². The highest BCUT2D eigenvalue weighted by atomic mass is 79.9. The van der Waals surface area contributed by atoms with Gasteiger partial charge in [-0.25, -0.2) is 4.39 Å². The van der Waals surface area contributed by atoms with E-state index in [1.54, 1.807) is 12.1 Å². The number of carbonyl (C=O) groups is 3. The topological polar surface area (TPSA) is 75.7 Å². The Morgan fingerprint density at radius 1 is 1.31 bits per heavy atom. The fraction of sp³-hybridized carbons (Fsp3) is 0.105. The molecule has 0 unspecified atom stereocenters. The number of imide groups is 1. The van der Waals surface area contributed by atoms with E-state index in [1.165, 1.54) is 37.5 Å². The Morgan fingerprint density at radius 3 is 2.66 bits per heavy atom. The molecule has 0 aliphatic carbocycles. The maximum atomic E-state index is 12.9. The second-order valence-electron chi connectivity index (χ2n) is 5.83. The van der Waals surface area contributed by atoms with Gasteiger partial charge in [0.05, 0.1) is 16.5 Å². The largest absolute Gasteiger partial charge is 0.495 e. The zero-order valence-electron chi connectivity index (χ0n) is 14.9. The molecule has 10 heteroatoms. The van der Waals surface area contributed by atoms with Gasteiger partial charge in [-0.2, -0.15) is 0 Å². The summed E-state index contributed by atoms with van der Waals surface area (Å²) in [5, 5.41) is 2.36. The molecule has 1 aliphatic rings. The fourth-order valence-corrected chi connectivity index (χ4v) is 4.38. The number of methoxy groups -OCH3 is 1. The quantitative estimate of drug-likeness (QED) is 0.591. The number of nitrogens with one attached hydrogen (secondary N) is 1. The molecule has 0 bridgehead atoms. The smallest absolute Gasteiger partial charge is 0.294 e. The molecule has 29 heavy (non-hydrogen) atoms. The number of benzene rings is 2. The van der Waals surface area contributed by atoms with Crippen molar-refractivity contribution < 1.29 is 23.5 Å². The Hall–Kier alpha value is -2.36. The molecule has 0 saturated carbocycles. The van der Waals surface area contributed by atoms with Crippen molar-refractivity contribution in [3.05, 3.63) is 62.2 Å². The Kier molecular flexibility index (Phi) is 6.61. The van der Waals surface area contributed by atoms with Crippen LogP contribution >= 0.6 is 39.3 Å². The molecule has 3 amide bonds. The summed E-state index contributed by atoms with van der Waals surface area (Å²) in [5.41, 5.74) is 0.862. The third kappa shape index (κ3) is 4.98. The minimum atomic E-state index is -0.604. The number of rotatable bonds is 5. The van der Waals surface area contributed by atoms with E-state index in [0.717, 1.165) is 4.90 Å². The van der Waals surface area contributed by atoms with E-state index in [1.807, 2.05) is 0 Å². The first kappa shape index (κ1) is 21.4. The fourth-order valence-electron chi connectivity index (χ4n) is 2.56. The number of ether oxygens (including phenoxy) is 1. The van der Waals surface area contributed by atoms with Crippen molar-refractivity contribution in [2.45, 2.75) is 0 Å². The van der Waals surface area contributed by atoms with Gasteiger partial charge in [0.2, 0.25) is 5.91 Å². The molecule has 1 heterocycles. The molecule has 1 fully saturated rings. The highest BCUT2D eigenvalue weighted by Gasteiger charge is 2.36. The van der Waals surface area contributed by atoms with Crippen LogP contribution < -0.4 is 10.1 Å². The van der Waals surface area contributed by atoms with Crippen LogP contribution in [0.4, 0.5) is 14.9 Å². The van der Waals surface area contributed by atoms with Gasteiger partial charge in [-0.05, 0) is 70.2 Å². The monoisotopic (exact) mass is 498 g/mol. The van der Waals surface area contributed by atoms with Gasteiger partial charge in [0.15, 0.2) is 0 Å². The number of halogens is 3. The zero-order valence-corrected chi connectivity index (χ0v) is 18.0. The van der Waals surface area contributed by atoms with E-state index >= 15 is 0 Å². The lowest BCUT2D eigenvalue weighted by molar-refractivity contribution is -0.127. The van der Waals surface area contributed by atoms with Crippen molar-refractivity contribution in [2.75, 3.05) is 19.0 Å². The normalized spacial score (nSPS) is 15.2. The minimum Gasteiger partial charge on any atom is -0.495 e. The number of hydrogen-bond acceptors (Lipinski definition) is 5. The lowest BCUT2D eigenvalue weighted by Gasteiger charge is -2.12. The van der Waals surface area contributed by atoms with Gasteiger partial charge in [0.25, 0.3) is 11.1 Å². The number of hydrogen-bond donors (Lipinski definition) is 1. The molecule has 1 aliphatic heterocycles. The van der Waals surface area contributed by atoms with Crippen LogP contribution in [-0.2, 0) is 9.59 Å². The van der Waals surface area contributed by atoms with Crippen molar-refractivity contribution in [2.24, 2.45) is 0 Å². The predicted molar refractivity (Wildman–Crippen MR) is 113 cm³/mol. The highest BCUT2D eigenvalue weighted by molar-refractivity contribution is 9.10. The maximum Gasteiger partial charge on any atom is 0.294 e. The van der Waals surface area contributed by atoms with E-state index in [9.17, 15) is 18.8 Å². The summed E-state index contributed by atoms with van der Waals surface area (Å²) in [6.07, 6.45) is 1.48. The van der Waals surface area contributed by atoms with E-state index in [0.29, 0.717) is 38.3 Å². The van der Waals surface area contributed by atoms with Gasteiger partial charge in [0, 0.05) is 16.3 Å². The summed E-state index contributed by atoms with van der Waals surface area (Å²) < 4.78 is 18.8. The van der Waals surface area contributed by atoms with Crippen LogP contribution in [0.5, 0.6) is 5.75 Å². The van der Waals surface area contributed by atoms with Crippen molar-refractivity contribution in [1.29, 1.82) is 0 Å². The van der Waals surface area contributed by atoms with Gasteiger partial charge in [-0.1, -0.05) is 11.6 Å². The summed E-state index contributed by atoms with van der Waals surface area (Å²) in [7, 11) is 1.47. The molecule has 1 saturated heterocycles. The summed E-state index contributed by atoms with van der Waals surface area (Å²) >= 11 is 10.1. The number of carbonyl (C=O) groups excluding carboxylic acids is 3. The van der Waals surface area contributed by atoms with E-state index in [2.05, 4.69) is 21.2 Å². The van der Waals surface area contributed by atoms with Crippen molar-refractivity contribution in [1.82, 2.24) is 4.90 Å². The molecule has 0 atom stereocenters. The average molecular weight is 500 g/mol. The molecule has 0 aromatic heterocycles. The molecule has 6 nitrogen and oxygen atoms in total. The van der Waals surface area contributed by atoms with Crippen LogP contribution in [0.1, 0.15) is 5.56 Å². The van der Waals surface area contributed by atoms with Gasteiger partial charge in [0.1, 0.15) is 18.1 Å². The second-order valence-corrected chi connectivity index (χ2v) is 8.12. The molecule has 2 aromatic rings. The second kappa shape index (κ2) is 8.98. The molecular formula is C19H13BrClFN2O4S. The van der Waals surface area contributed by atoms with Crippen molar-refractivity contribution in [3.63, 3.8) is 0 Å². The van der Waals surface area contributed by atoms with Crippen LogP contribution in [0.2, 0.25) is 5.02 Å². The molecule has 3 rings (SSSR count). The van der Waals surface area contributed by atoms with Crippen molar-refractivity contribution in [3.8, 4) is 5.75 Å². The molecule has 0 spiro atoms. The average Bonchev–Trinajstić information content (AvgIpc) is 2.91. The predicted octanol–water partition coefficient (Wildman–Crippen LogP) is 4.93. The lowest BCUT2D eigenvalue weighted by atomic mass is 10.2. The molecule has 2 aromatic carbocycles. The first-order valence-electron chi connectivity index (χ1n) is 8.12. The van der Waals surface area contributed by atoms with E-state index < -0.39 is 29.4 Å².